The lowest BCUT2D eigenvalue weighted by Crippen LogP contribution is -2.30. The Hall–Kier alpha value is -1.29. The first-order valence-electron chi connectivity index (χ1n) is 7.32. The average molecular weight is 297 g/mol. The summed E-state index contributed by atoms with van der Waals surface area (Å²) in [7, 11) is 0. The zero-order valence-electron chi connectivity index (χ0n) is 11.8. The van der Waals surface area contributed by atoms with Crippen LogP contribution in [0.15, 0.2) is 18.2 Å². The zero-order valence-corrected chi connectivity index (χ0v) is 12.5. The monoisotopic (exact) mass is 296 g/mol. The fourth-order valence-corrected chi connectivity index (χ4v) is 3.23. The van der Waals surface area contributed by atoms with Gasteiger partial charge in [-0.15, -0.1) is 0 Å². The summed E-state index contributed by atoms with van der Waals surface area (Å²) >= 11 is 5.85. The Labute approximate surface area is 124 Å². The van der Waals surface area contributed by atoms with E-state index in [-0.39, 0.29) is 10.6 Å². The van der Waals surface area contributed by atoms with Crippen molar-refractivity contribution < 1.29 is 4.92 Å². The minimum atomic E-state index is -0.373. The lowest BCUT2D eigenvalue weighted by Gasteiger charge is -2.30. The van der Waals surface area contributed by atoms with Crippen LogP contribution in [0, 0.1) is 16.0 Å². The van der Waals surface area contributed by atoms with E-state index in [4.69, 9.17) is 11.6 Å². The second-order valence-corrected chi connectivity index (χ2v) is 5.91. The lowest BCUT2D eigenvalue weighted by molar-refractivity contribution is -0.384. The number of halogens is 1. The van der Waals surface area contributed by atoms with Crippen LogP contribution < -0.4 is 5.32 Å². The van der Waals surface area contributed by atoms with Crippen molar-refractivity contribution in [2.24, 2.45) is 5.92 Å². The molecular formula is C15H21ClN2O2. The van der Waals surface area contributed by atoms with Crippen molar-refractivity contribution in [1.82, 2.24) is 0 Å². The van der Waals surface area contributed by atoms with Gasteiger partial charge in [0.1, 0.15) is 5.69 Å². The molecule has 1 aromatic carbocycles. The van der Waals surface area contributed by atoms with Gasteiger partial charge in [0.05, 0.1) is 4.92 Å². The summed E-state index contributed by atoms with van der Waals surface area (Å²) in [4.78, 5) is 10.8. The van der Waals surface area contributed by atoms with Crippen LogP contribution in [0.4, 0.5) is 11.4 Å². The van der Waals surface area contributed by atoms with E-state index >= 15 is 0 Å². The van der Waals surface area contributed by atoms with E-state index in [9.17, 15) is 10.1 Å². The first-order chi connectivity index (χ1) is 9.61. The van der Waals surface area contributed by atoms with Gasteiger partial charge in [0.15, 0.2) is 0 Å². The van der Waals surface area contributed by atoms with Gasteiger partial charge < -0.3 is 5.32 Å². The average Bonchev–Trinajstić information content (AvgIpc) is 2.46. The molecule has 0 spiro atoms. The second-order valence-electron chi connectivity index (χ2n) is 5.48. The molecule has 0 amide bonds. The standard InChI is InChI=1S/C15H21ClN2O2/c1-2-13(11-6-4-3-5-7-11)17-14-9-8-12(16)10-15(14)18(19)20/h8-11,13,17H,2-7H2,1H3. The molecule has 5 heteroatoms. The van der Waals surface area contributed by atoms with Crippen LogP contribution in [-0.4, -0.2) is 11.0 Å². The highest BCUT2D eigenvalue weighted by atomic mass is 35.5. The predicted molar refractivity (Wildman–Crippen MR) is 82.4 cm³/mol. The minimum absolute atomic E-state index is 0.0618. The summed E-state index contributed by atoms with van der Waals surface area (Å²) in [5, 5.41) is 14.9. The van der Waals surface area contributed by atoms with Crippen molar-refractivity contribution >= 4 is 23.0 Å². The van der Waals surface area contributed by atoms with Gasteiger partial charge in [0.2, 0.25) is 0 Å². The van der Waals surface area contributed by atoms with Gasteiger partial charge in [-0.1, -0.05) is 37.8 Å². The maximum Gasteiger partial charge on any atom is 0.293 e. The summed E-state index contributed by atoms with van der Waals surface area (Å²) in [6.45, 7) is 2.13. The molecular weight excluding hydrogens is 276 g/mol. The van der Waals surface area contributed by atoms with Crippen molar-refractivity contribution in [3.63, 3.8) is 0 Å². The Morgan fingerprint density at radius 1 is 1.40 bits per heavy atom. The van der Waals surface area contributed by atoms with E-state index in [0.29, 0.717) is 22.7 Å². The molecule has 1 atom stereocenters. The molecule has 1 aromatic rings. The summed E-state index contributed by atoms with van der Waals surface area (Å²) in [6.07, 6.45) is 7.26. The van der Waals surface area contributed by atoms with Gasteiger partial charge in [-0.3, -0.25) is 10.1 Å². The van der Waals surface area contributed by atoms with Crippen LogP contribution in [0.25, 0.3) is 0 Å². The SMILES string of the molecule is CCC(Nc1ccc(Cl)cc1[N+](=O)[O-])C1CCCCC1. The van der Waals surface area contributed by atoms with Crippen LogP contribution in [0.3, 0.4) is 0 Å². The minimum Gasteiger partial charge on any atom is -0.376 e. The Bertz CT molecular complexity index is 473. The number of nitrogens with zero attached hydrogens (tertiary/aromatic N) is 1. The third kappa shape index (κ3) is 3.63. The van der Waals surface area contributed by atoms with Crippen molar-refractivity contribution in [1.29, 1.82) is 0 Å². The van der Waals surface area contributed by atoms with Gasteiger partial charge in [0.25, 0.3) is 5.69 Å². The van der Waals surface area contributed by atoms with Crippen molar-refractivity contribution in [2.45, 2.75) is 51.5 Å². The van der Waals surface area contributed by atoms with E-state index in [1.165, 1.54) is 38.2 Å². The number of rotatable bonds is 5. The second kappa shape index (κ2) is 6.93. The number of anilines is 1. The molecule has 20 heavy (non-hydrogen) atoms. The lowest BCUT2D eigenvalue weighted by atomic mass is 9.83. The normalized spacial score (nSPS) is 17.7. The molecule has 1 unspecified atom stereocenters. The number of nitro benzene ring substituents is 1. The van der Waals surface area contributed by atoms with E-state index in [2.05, 4.69) is 12.2 Å². The van der Waals surface area contributed by atoms with Crippen LogP contribution in [0.2, 0.25) is 5.02 Å². The Morgan fingerprint density at radius 2 is 2.10 bits per heavy atom. The predicted octanol–water partition coefficient (Wildman–Crippen LogP) is 5.02. The molecule has 4 nitrogen and oxygen atoms in total. The fraction of sp³-hybridized carbons (Fsp3) is 0.600. The Kier molecular flexibility index (Phi) is 5.24. The molecule has 1 saturated carbocycles. The first kappa shape index (κ1) is 15.1. The van der Waals surface area contributed by atoms with E-state index < -0.39 is 0 Å². The quantitative estimate of drug-likeness (QED) is 0.613. The van der Waals surface area contributed by atoms with E-state index in [0.717, 1.165) is 6.42 Å². The maximum atomic E-state index is 11.1. The number of hydrogen-bond donors (Lipinski definition) is 1. The molecule has 1 fully saturated rings. The number of nitrogens with one attached hydrogen (secondary N) is 1. The molecule has 0 aromatic heterocycles. The van der Waals surface area contributed by atoms with E-state index in [1.807, 2.05) is 0 Å². The molecule has 0 radical (unpaired) electrons. The molecule has 1 aliphatic carbocycles. The molecule has 0 heterocycles. The number of benzene rings is 1. The smallest absolute Gasteiger partial charge is 0.293 e. The summed E-state index contributed by atoms with van der Waals surface area (Å²) < 4.78 is 0. The highest BCUT2D eigenvalue weighted by molar-refractivity contribution is 6.30. The van der Waals surface area contributed by atoms with Crippen LogP contribution in [0.1, 0.15) is 45.4 Å². The fourth-order valence-electron chi connectivity index (χ4n) is 3.07. The Balaban J connectivity index is 2.16. The molecule has 1 aliphatic rings. The third-order valence-electron chi connectivity index (χ3n) is 4.16. The number of hydrogen-bond acceptors (Lipinski definition) is 3. The molecule has 110 valence electrons. The van der Waals surface area contributed by atoms with Crippen molar-refractivity contribution in [3.8, 4) is 0 Å². The van der Waals surface area contributed by atoms with Crippen LogP contribution in [-0.2, 0) is 0 Å². The zero-order chi connectivity index (χ0) is 14.5. The van der Waals surface area contributed by atoms with Crippen molar-refractivity contribution in [3.05, 3.63) is 33.3 Å². The van der Waals surface area contributed by atoms with E-state index in [1.54, 1.807) is 12.1 Å². The van der Waals surface area contributed by atoms with Crippen LogP contribution >= 0.6 is 11.6 Å². The molecule has 0 aliphatic heterocycles. The van der Waals surface area contributed by atoms with Gasteiger partial charge in [-0.2, -0.15) is 0 Å². The molecule has 0 bridgehead atoms. The summed E-state index contributed by atoms with van der Waals surface area (Å²) in [5.41, 5.74) is 0.642. The summed E-state index contributed by atoms with van der Waals surface area (Å²) in [5.74, 6) is 0.615. The topological polar surface area (TPSA) is 55.2 Å². The Morgan fingerprint density at radius 3 is 2.70 bits per heavy atom. The highest BCUT2D eigenvalue weighted by Crippen LogP contribution is 2.33. The molecule has 0 saturated heterocycles. The third-order valence-corrected chi connectivity index (χ3v) is 4.39. The summed E-state index contributed by atoms with van der Waals surface area (Å²) in [6, 6.07) is 5.13. The first-order valence-corrected chi connectivity index (χ1v) is 7.70. The largest absolute Gasteiger partial charge is 0.376 e. The number of nitro groups is 1. The molecule has 2 rings (SSSR count). The van der Waals surface area contributed by atoms with Gasteiger partial charge in [-0.05, 0) is 37.3 Å². The molecule has 1 N–H and O–H groups in total. The van der Waals surface area contributed by atoms with Gasteiger partial charge in [-0.25, -0.2) is 0 Å². The van der Waals surface area contributed by atoms with Gasteiger partial charge in [0, 0.05) is 17.1 Å². The van der Waals surface area contributed by atoms with Crippen LogP contribution in [0.5, 0.6) is 0 Å². The highest BCUT2D eigenvalue weighted by Gasteiger charge is 2.24. The van der Waals surface area contributed by atoms with Gasteiger partial charge >= 0.3 is 0 Å². The maximum absolute atomic E-state index is 11.1. The van der Waals surface area contributed by atoms with Crippen molar-refractivity contribution in [2.75, 3.05) is 5.32 Å².